The van der Waals surface area contributed by atoms with Crippen LogP contribution < -0.4 is 0 Å². The molecule has 1 unspecified atom stereocenters. The second kappa shape index (κ2) is 3.45. The van der Waals surface area contributed by atoms with E-state index in [0.717, 1.165) is 36.3 Å². The Morgan fingerprint density at radius 3 is 3.27 bits per heavy atom. The number of aromatic nitrogens is 2. The van der Waals surface area contributed by atoms with Crippen molar-refractivity contribution in [3.05, 3.63) is 23.5 Å². The van der Waals surface area contributed by atoms with Gasteiger partial charge in [0.25, 0.3) is 0 Å². The van der Waals surface area contributed by atoms with Crippen LogP contribution in [0.4, 0.5) is 0 Å². The number of thiazole rings is 1. The fourth-order valence-electron chi connectivity index (χ4n) is 2.23. The van der Waals surface area contributed by atoms with Crippen LogP contribution >= 0.6 is 11.3 Å². The molecular weight excluding hydrogens is 208 g/mol. The van der Waals surface area contributed by atoms with E-state index in [1.165, 1.54) is 0 Å². The monoisotopic (exact) mass is 220 g/mol. The maximum Gasteiger partial charge on any atom is 0.193 e. The van der Waals surface area contributed by atoms with E-state index >= 15 is 0 Å². The number of hydrogen-bond donors (Lipinski definition) is 0. The van der Waals surface area contributed by atoms with E-state index in [4.69, 9.17) is 0 Å². The van der Waals surface area contributed by atoms with Crippen molar-refractivity contribution >= 4 is 22.1 Å². The molecule has 1 aliphatic rings. The van der Waals surface area contributed by atoms with Crippen molar-refractivity contribution in [2.24, 2.45) is 5.92 Å². The van der Waals surface area contributed by atoms with Gasteiger partial charge >= 0.3 is 0 Å². The lowest BCUT2D eigenvalue weighted by Gasteiger charge is -2.03. The highest BCUT2D eigenvalue weighted by Gasteiger charge is 2.25. The summed E-state index contributed by atoms with van der Waals surface area (Å²) in [6.07, 6.45) is 7.75. The number of ketones is 1. The van der Waals surface area contributed by atoms with Gasteiger partial charge in [0.1, 0.15) is 5.78 Å². The Kier molecular flexibility index (Phi) is 2.09. The molecule has 1 atom stereocenters. The summed E-state index contributed by atoms with van der Waals surface area (Å²) in [6, 6.07) is 0. The molecule has 0 N–H and O–H groups in total. The molecule has 2 aromatic rings. The molecule has 0 aliphatic heterocycles. The summed E-state index contributed by atoms with van der Waals surface area (Å²) < 4.78 is 2.03. The van der Waals surface area contributed by atoms with Crippen LogP contribution in [-0.2, 0) is 11.2 Å². The van der Waals surface area contributed by atoms with Crippen LogP contribution in [0.25, 0.3) is 4.96 Å². The van der Waals surface area contributed by atoms with Crippen molar-refractivity contribution in [3.8, 4) is 0 Å². The molecule has 0 bridgehead atoms. The number of rotatable bonds is 2. The van der Waals surface area contributed by atoms with Gasteiger partial charge in [0, 0.05) is 36.5 Å². The number of Topliss-reactive ketones (excluding diaryl/α,β-unsaturated/α-hetero) is 1. The van der Waals surface area contributed by atoms with Gasteiger partial charge in [-0.3, -0.25) is 9.20 Å². The summed E-state index contributed by atoms with van der Waals surface area (Å²) in [5, 5.41) is 2.02. The fourth-order valence-corrected chi connectivity index (χ4v) is 2.95. The molecule has 0 amide bonds. The molecule has 0 aromatic carbocycles. The van der Waals surface area contributed by atoms with Gasteiger partial charge in [-0.25, -0.2) is 4.98 Å². The van der Waals surface area contributed by atoms with Gasteiger partial charge in [-0.15, -0.1) is 11.3 Å². The smallest absolute Gasteiger partial charge is 0.193 e. The molecule has 3 nitrogen and oxygen atoms in total. The number of carbonyl (C=O) groups excluding carboxylic acids is 1. The van der Waals surface area contributed by atoms with E-state index in [1.807, 2.05) is 22.2 Å². The summed E-state index contributed by atoms with van der Waals surface area (Å²) >= 11 is 1.63. The first-order valence-electron chi connectivity index (χ1n) is 5.27. The third-order valence-corrected chi connectivity index (χ3v) is 3.80. The van der Waals surface area contributed by atoms with E-state index in [0.29, 0.717) is 5.78 Å². The summed E-state index contributed by atoms with van der Waals surface area (Å²) in [6.45, 7) is 0. The van der Waals surface area contributed by atoms with Crippen LogP contribution in [0.3, 0.4) is 0 Å². The first-order valence-corrected chi connectivity index (χ1v) is 6.15. The molecule has 1 aliphatic carbocycles. The minimum absolute atomic E-state index is 0.231. The Balaban J connectivity index is 1.83. The SMILES string of the molecule is O=C1CCCC1Cc1cn2ccsc2n1. The van der Waals surface area contributed by atoms with Crippen LogP contribution in [0, 0.1) is 5.92 Å². The van der Waals surface area contributed by atoms with Crippen LogP contribution in [-0.4, -0.2) is 15.2 Å². The second-order valence-electron chi connectivity index (χ2n) is 4.08. The largest absolute Gasteiger partial charge is 0.299 e. The third-order valence-electron chi connectivity index (χ3n) is 3.03. The molecule has 2 aromatic heterocycles. The summed E-state index contributed by atoms with van der Waals surface area (Å²) in [4.78, 5) is 17.0. The minimum Gasteiger partial charge on any atom is -0.299 e. The molecule has 0 saturated heterocycles. The topological polar surface area (TPSA) is 34.4 Å². The molecule has 2 heterocycles. The standard InChI is InChI=1S/C11H12N2OS/c14-10-3-1-2-8(10)6-9-7-13-4-5-15-11(13)12-9/h4-5,7-8H,1-3,6H2. The number of nitrogens with zero attached hydrogens (tertiary/aromatic N) is 2. The number of carbonyl (C=O) groups is 1. The Bertz CT molecular complexity index is 471. The van der Waals surface area contributed by atoms with Crippen LogP contribution in [0.2, 0.25) is 0 Å². The highest BCUT2D eigenvalue weighted by molar-refractivity contribution is 7.15. The zero-order valence-corrected chi connectivity index (χ0v) is 9.17. The maximum atomic E-state index is 11.5. The lowest BCUT2D eigenvalue weighted by molar-refractivity contribution is -0.120. The van der Waals surface area contributed by atoms with Crippen molar-refractivity contribution in [1.82, 2.24) is 9.38 Å². The van der Waals surface area contributed by atoms with Crippen molar-refractivity contribution in [2.45, 2.75) is 25.7 Å². The van der Waals surface area contributed by atoms with Gasteiger partial charge in [0.2, 0.25) is 0 Å². The van der Waals surface area contributed by atoms with Crippen molar-refractivity contribution in [1.29, 1.82) is 0 Å². The van der Waals surface area contributed by atoms with E-state index in [-0.39, 0.29) is 5.92 Å². The lowest BCUT2D eigenvalue weighted by atomic mass is 10.0. The molecule has 15 heavy (non-hydrogen) atoms. The molecule has 0 radical (unpaired) electrons. The predicted octanol–water partition coefficient (Wildman–Crippen LogP) is 2.31. The Morgan fingerprint density at radius 1 is 1.60 bits per heavy atom. The average Bonchev–Trinajstić information content (AvgIpc) is 2.83. The molecule has 3 rings (SSSR count). The van der Waals surface area contributed by atoms with Crippen molar-refractivity contribution in [3.63, 3.8) is 0 Å². The first kappa shape index (κ1) is 9.09. The highest BCUT2D eigenvalue weighted by atomic mass is 32.1. The molecule has 1 saturated carbocycles. The number of imidazole rings is 1. The molecule has 0 spiro atoms. The Morgan fingerprint density at radius 2 is 2.53 bits per heavy atom. The zero-order valence-electron chi connectivity index (χ0n) is 8.35. The predicted molar refractivity (Wildman–Crippen MR) is 59.1 cm³/mol. The molecular formula is C11H12N2OS. The third kappa shape index (κ3) is 1.59. The van der Waals surface area contributed by atoms with E-state index < -0.39 is 0 Å². The number of hydrogen-bond acceptors (Lipinski definition) is 3. The molecule has 4 heteroatoms. The summed E-state index contributed by atoms with van der Waals surface area (Å²) in [5.74, 6) is 0.654. The van der Waals surface area contributed by atoms with Gasteiger partial charge < -0.3 is 0 Å². The van der Waals surface area contributed by atoms with Gasteiger partial charge in [-0.1, -0.05) is 0 Å². The van der Waals surface area contributed by atoms with E-state index in [1.54, 1.807) is 11.3 Å². The lowest BCUT2D eigenvalue weighted by Crippen LogP contribution is -2.09. The molecule has 1 fully saturated rings. The fraction of sp³-hybridized carbons (Fsp3) is 0.455. The minimum atomic E-state index is 0.231. The second-order valence-corrected chi connectivity index (χ2v) is 4.96. The van der Waals surface area contributed by atoms with Gasteiger partial charge in [-0.2, -0.15) is 0 Å². The van der Waals surface area contributed by atoms with Crippen molar-refractivity contribution in [2.75, 3.05) is 0 Å². The van der Waals surface area contributed by atoms with Gasteiger partial charge in [0.15, 0.2) is 4.96 Å². The molecule has 78 valence electrons. The van der Waals surface area contributed by atoms with Crippen LogP contribution in [0.15, 0.2) is 17.8 Å². The van der Waals surface area contributed by atoms with Gasteiger partial charge in [-0.05, 0) is 12.8 Å². The highest BCUT2D eigenvalue weighted by Crippen LogP contribution is 2.25. The average molecular weight is 220 g/mol. The van der Waals surface area contributed by atoms with Crippen LogP contribution in [0.1, 0.15) is 25.0 Å². The Labute approximate surface area is 91.8 Å². The first-order chi connectivity index (χ1) is 7.33. The summed E-state index contributed by atoms with van der Waals surface area (Å²) in [5.41, 5.74) is 1.06. The maximum absolute atomic E-state index is 11.5. The van der Waals surface area contributed by atoms with E-state index in [9.17, 15) is 4.79 Å². The van der Waals surface area contributed by atoms with E-state index in [2.05, 4.69) is 4.98 Å². The van der Waals surface area contributed by atoms with Crippen LogP contribution in [0.5, 0.6) is 0 Å². The normalized spacial score (nSPS) is 21.6. The zero-order chi connectivity index (χ0) is 10.3. The number of fused-ring (bicyclic) bond motifs is 1. The van der Waals surface area contributed by atoms with Crippen molar-refractivity contribution < 1.29 is 4.79 Å². The quantitative estimate of drug-likeness (QED) is 0.778. The Hall–Kier alpha value is -1.16. The summed E-state index contributed by atoms with van der Waals surface area (Å²) in [7, 11) is 0. The van der Waals surface area contributed by atoms with Gasteiger partial charge in [0.05, 0.1) is 5.69 Å².